The van der Waals surface area contributed by atoms with Gasteiger partial charge in [0.15, 0.2) is 11.5 Å². The normalized spacial score (nSPS) is 11.8. The molecule has 0 bridgehead atoms. The molecule has 2 aromatic rings. The summed E-state index contributed by atoms with van der Waals surface area (Å²) in [5.41, 5.74) is 1.74. The third kappa shape index (κ3) is 3.47. The molecule has 4 heteroatoms. The van der Waals surface area contributed by atoms with Crippen LogP contribution in [0.2, 0.25) is 0 Å². The van der Waals surface area contributed by atoms with Crippen LogP contribution < -0.4 is 14.2 Å². The van der Waals surface area contributed by atoms with E-state index < -0.39 is 6.10 Å². The van der Waals surface area contributed by atoms with Crippen LogP contribution in [0.15, 0.2) is 42.5 Å². The number of hydrogen-bond acceptors (Lipinski definition) is 4. The van der Waals surface area contributed by atoms with E-state index in [-0.39, 0.29) is 0 Å². The van der Waals surface area contributed by atoms with Crippen molar-refractivity contribution in [3.8, 4) is 17.2 Å². The first-order chi connectivity index (χ1) is 10.2. The molecule has 1 N–H and O–H groups in total. The monoisotopic (exact) mass is 288 g/mol. The van der Waals surface area contributed by atoms with Gasteiger partial charge in [0.25, 0.3) is 0 Å². The fourth-order valence-corrected chi connectivity index (χ4v) is 2.28. The molecule has 2 rings (SSSR count). The van der Waals surface area contributed by atoms with Crippen molar-refractivity contribution in [3.63, 3.8) is 0 Å². The van der Waals surface area contributed by atoms with Crippen molar-refractivity contribution in [1.82, 2.24) is 0 Å². The zero-order valence-electron chi connectivity index (χ0n) is 12.5. The molecule has 1 atom stereocenters. The van der Waals surface area contributed by atoms with Crippen molar-refractivity contribution < 1.29 is 19.3 Å². The molecule has 0 aliphatic carbocycles. The number of aliphatic hydroxyl groups is 1. The summed E-state index contributed by atoms with van der Waals surface area (Å²) in [6.45, 7) is 0. The number of para-hydroxylation sites is 1. The summed E-state index contributed by atoms with van der Waals surface area (Å²) in [6.07, 6.45) is -0.167. The molecule has 0 radical (unpaired) electrons. The smallest absolute Gasteiger partial charge is 0.160 e. The van der Waals surface area contributed by atoms with Crippen LogP contribution in [0.3, 0.4) is 0 Å². The van der Waals surface area contributed by atoms with Crippen LogP contribution in [0, 0.1) is 0 Å². The Morgan fingerprint density at radius 3 is 2.19 bits per heavy atom. The summed E-state index contributed by atoms with van der Waals surface area (Å²) in [5, 5.41) is 10.4. The van der Waals surface area contributed by atoms with E-state index in [1.54, 1.807) is 21.3 Å². The van der Waals surface area contributed by atoms with E-state index in [0.717, 1.165) is 11.1 Å². The molecule has 0 amide bonds. The van der Waals surface area contributed by atoms with E-state index in [9.17, 15) is 5.11 Å². The van der Waals surface area contributed by atoms with E-state index in [0.29, 0.717) is 23.7 Å². The van der Waals surface area contributed by atoms with Crippen molar-refractivity contribution in [2.45, 2.75) is 12.5 Å². The SMILES string of the molecule is COc1ccc(CC(O)c2ccccc2OC)cc1OC. The summed E-state index contributed by atoms with van der Waals surface area (Å²) in [5.74, 6) is 2.01. The zero-order valence-corrected chi connectivity index (χ0v) is 12.5. The van der Waals surface area contributed by atoms with Crippen LogP contribution in [0.5, 0.6) is 17.2 Å². The maximum absolute atomic E-state index is 10.4. The van der Waals surface area contributed by atoms with Crippen LogP contribution in [0.4, 0.5) is 0 Å². The second-order valence-corrected chi connectivity index (χ2v) is 4.65. The molecule has 0 aliphatic rings. The molecule has 0 aliphatic heterocycles. The first-order valence-corrected chi connectivity index (χ1v) is 6.71. The minimum Gasteiger partial charge on any atom is -0.496 e. The van der Waals surface area contributed by atoms with Gasteiger partial charge < -0.3 is 19.3 Å². The van der Waals surface area contributed by atoms with Gasteiger partial charge in [0.1, 0.15) is 5.75 Å². The molecule has 0 aromatic heterocycles. The lowest BCUT2D eigenvalue weighted by Gasteiger charge is -2.16. The minimum atomic E-state index is -0.640. The number of methoxy groups -OCH3 is 3. The minimum absolute atomic E-state index is 0.473. The van der Waals surface area contributed by atoms with Crippen LogP contribution in [-0.2, 0) is 6.42 Å². The third-order valence-electron chi connectivity index (χ3n) is 3.37. The Bertz CT molecular complexity index is 595. The van der Waals surface area contributed by atoms with Gasteiger partial charge >= 0.3 is 0 Å². The fourth-order valence-electron chi connectivity index (χ4n) is 2.28. The molecule has 0 spiro atoms. The summed E-state index contributed by atoms with van der Waals surface area (Å²) in [6, 6.07) is 13.1. The molecule has 0 fully saturated rings. The third-order valence-corrected chi connectivity index (χ3v) is 3.37. The number of aliphatic hydroxyl groups excluding tert-OH is 1. The Morgan fingerprint density at radius 2 is 1.52 bits per heavy atom. The number of rotatable bonds is 6. The molecule has 2 aromatic carbocycles. The topological polar surface area (TPSA) is 47.9 Å². The summed E-state index contributed by atoms with van der Waals surface area (Å²) >= 11 is 0. The van der Waals surface area contributed by atoms with Gasteiger partial charge in [-0.15, -0.1) is 0 Å². The van der Waals surface area contributed by atoms with Crippen molar-refractivity contribution in [2.24, 2.45) is 0 Å². The lowest BCUT2D eigenvalue weighted by Crippen LogP contribution is -2.04. The Kier molecular flexibility index (Phi) is 5.06. The highest BCUT2D eigenvalue weighted by atomic mass is 16.5. The maximum atomic E-state index is 10.4. The molecule has 0 heterocycles. The summed E-state index contributed by atoms with van der Waals surface area (Å²) in [7, 11) is 4.79. The largest absolute Gasteiger partial charge is 0.496 e. The first kappa shape index (κ1) is 15.2. The quantitative estimate of drug-likeness (QED) is 0.887. The first-order valence-electron chi connectivity index (χ1n) is 6.71. The number of benzene rings is 2. The van der Waals surface area contributed by atoms with E-state index >= 15 is 0 Å². The molecule has 0 saturated carbocycles. The molecule has 0 saturated heterocycles. The van der Waals surface area contributed by atoms with E-state index in [1.807, 2.05) is 42.5 Å². The van der Waals surface area contributed by atoms with Gasteiger partial charge in [-0.05, 0) is 23.8 Å². The van der Waals surface area contributed by atoms with Crippen LogP contribution in [-0.4, -0.2) is 26.4 Å². The van der Waals surface area contributed by atoms with Crippen LogP contribution >= 0.6 is 0 Å². The standard InChI is InChI=1S/C17H20O4/c1-19-15-7-5-4-6-13(15)14(18)10-12-8-9-16(20-2)17(11-12)21-3/h4-9,11,14,18H,10H2,1-3H3. The highest BCUT2D eigenvalue weighted by Crippen LogP contribution is 2.31. The molecule has 112 valence electrons. The van der Waals surface area contributed by atoms with Gasteiger partial charge in [0.05, 0.1) is 27.4 Å². The molecule has 1 unspecified atom stereocenters. The highest BCUT2D eigenvalue weighted by molar-refractivity contribution is 5.44. The Balaban J connectivity index is 2.21. The van der Waals surface area contributed by atoms with Crippen molar-refractivity contribution in [1.29, 1.82) is 0 Å². The van der Waals surface area contributed by atoms with Gasteiger partial charge in [-0.3, -0.25) is 0 Å². The van der Waals surface area contributed by atoms with E-state index in [4.69, 9.17) is 14.2 Å². The summed E-state index contributed by atoms with van der Waals surface area (Å²) in [4.78, 5) is 0. The average molecular weight is 288 g/mol. The predicted molar refractivity (Wildman–Crippen MR) is 81.2 cm³/mol. The lowest BCUT2D eigenvalue weighted by atomic mass is 10.0. The van der Waals surface area contributed by atoms with Crippen molar-refractivity contribution in [2.75, 3.05) is 21.3 Å². The van der Waals surface area contributed by atoms with Gasteiger partial charge in [-0.1, -0.05) is 24.3 Å². The van der Waals surface area contributed by atoms with E-state index in [1.165, 1.54) is 0 Å². The average Bonchev–Trinajstić information content (AvgIpc) is 2.54. The number of ether oxygens (including phenoxy) is 3. The van der Waals surface area contributed by atoms with Crippen LogP contribution in [0.25, 0.3) is 0 Å². The van der Waals surface area contributed by atoms with Gasteiger partial charge in [-0.25, -0.2) is 0 Å². The number of hydrogen-bond donors (Lipinski definition) is 1. The maximum Gasteiger partial charge on any atom is 0.160 e. The molecular formula is C17H20O4. The zero-order chi connectivity index (χ0) is 15.2. The van der Waals surface area contributed by atoms with Crippen molar-refractivity contribution in [3.05, 3.63) is 53.6 Å². The van der Waals surface area contributed by atoms with Gasteiger partial charge in [0, 0.05) is 12.0 Å². The highest BCUT2D eigenvalue weighted by Gasteiger charge is 2.14. The Morgan fingerprint density at radius 1 is 0.857 bits per heavy atom. The fraction of sp³-hybridized carbons (Fsp3) is 0.294. The van der Waals surface area contributed by atoms with Crippen LogP contribution in [0.1, 0.15) is 17.2 Å². The second kappa shape index (κ2) is 6.99. The van der Waals surface area contributed by atoms with Gasteiger partial charge in [-0.2, -0.15) is 0 Å². The Hall–Kier alpha value is -2.20. The molecular weight excluding hydrogens is 268 g/mol. The van der Waals surface area contributed by atoms with E-state index in [2.05, 4.69) is 0 Å². The van der Waals surface area contributed by atoms with Gasteiger partial charge in [0.2, 0.25) is 0 Å². The molecule has 21 heavy (non-hydrogen) atoms. The Labute approximate surface area is 124 Å². The summed E-state index contributed by atoms with van der Waals surface area (Å²) < 4.78 is 15.8. The molecule has 4 nitrogen and oxygen atoms in total. The predicted octanol–water partition coefficient (Wildman–Crippen LogP) is 2.99. The lowest BCUT2D eigenvalue weighted by molar-refractivity contribution is 0.174. The van der Waals surface area contributed by atoms with Crippen molar-refractivity contribution >= 4 is 0 Å². The second-order valence-electron chi connectivity index (χ2n) is 4.65.